The van der Waals surface area contributed by atoms with Gasteiger partial charge in [-0.25, -0.2) is 0 Å². The lowest BCUT2D eigenvalue weighted by molar-refractivity contribution is 0.0969. The summed E-state index contributed by atoms with van der Waals surface area (Å²) in [5.74, 6) is -0.0392. The van der Waals surface area contributed by atoms with Crippen LogP contribution in [0.3, 0.4) is 0 Å². The minimum atomic E-state index is -0.0392. The summed E-state index contributed by atoms with van der Waals surface area (Å²) in [6.45, 7) is 5.83. The van der Waals surface area contributed by atoms with E-state index in [-0.39, 0.29) is 5.91 Å². The van der Waals surface area contributed by atoms with Crippen LogP contribution in [-0.2, 0) is 6.42 Å². The van der Waals surface area contributed by atoms with Crippen molar-refractivity contribution in [1.82, 2.24) is 4.57 Å². The zero-order chi connectivity index (χ0) is 19.8. The minimum Gasteiger partial charge on any atom is -0.411 e. The first-order valence-electron chi connectivity index (χ1n) is 9.41. The van der Waals surface area contributed by atoms with Crippen molar-refractivity contribution >= 4 is 33.4 Å². The van der Waals surface area contributed by atoms with Crippen LogP contribution in [0.15, 0.2) is 65.8 Å². The second-order valence-electron chi connectivity index (χ2n) is 7.08. The molecule has 28 heavy (non-hydrogen) atoms. The molecular formula is C24H22N2O2. The summed E-state index contributed by atoms with van der Waals surface area (Å²) >= 11 is 0. The highest BCUT2D eigenvalue weighted by Gasteiger charge is 2.19. The van der Waals surface area contributed by atoms with Crippen molar-refractivity contribution < 1.29 is 10.0 Å². The third-order valence-corrected chi connectivity index (χ3v) is 5.38. The number of benzene rings is 3. The van der Waals surface area contributed by atoms with Gasteiger partial charge >= 0.3 is 0 Å². The smallest absolute Gasteiger partial charge is 0.263 e. The number of nitrogens with zero attached hydrogens (tertiary/aromatic N) is 2. The Hall–Kier alpha value is -3.40. The van der Waals surface area contributed by atoms with Gasteiger partial charge in [-0.05, 0) is 67.3 Å². The number of oxime groups is 1. The summed E-state index contributed by atoms with van der Waals surface area (Å²) in [6.07, 6.45) is 0.922. The molecule has 4 heteroatoms. The maximum absolute atomic E-state index is 13.5. The molecular weight excluding hydrogens is 348 g/mol. The first-order chi connectivity index (χ1) is 13.5. The van der Waals surface area contributed by atoms with E-state index < -0.39 is 0 Å². The van der Waals surface area contributed by atoms with Crippen LogP contribution < -0.4 is 0 Å². The van der Waals surface area contributed by atoms with E-state index in [2.05, 4.69) is 24.2 Å². The highest BCUT2D eigenvalue weighted by molar-refractivity contribution is 6.18. The molecule has 0 spiro atoms. The Kier molecular flexibility index (Phi) is 4.47. The van der Waals surface area contributed by atoms with Crippen LogP contribution in [0.25, 0.3) is 21.8 Å². The van der Waals surface area contributed by atoms with Gasteiger partial charge in [0, 0.05) is 16.3 Å². The van der Waals surface area contributed by atoms with Crippen LogP contribution in [0, 0.1) is 6.92 Å². The average Bonchev–Trinajstić information content (AvgIpc) is 3.05. The third kappa shape index (κ3) is 2.78. The average molecular weight is 370 g/mol. The van der Waals surface area contributed by atoms with Gasteiger partial charge in [-0.15, -0.1) is 0 Å². The van der Waals surface area contributed by atoms with Gasteiger partial charge < -0.3 is 5.21 Å². The number of carbonyl (C=O) groups excluding carboxylic acids is 1. The van der Waals surface area contributed by atoms with Gasteiger partial charge in [-0.3, -0.25) is 9.36 Å². The maximum Gasteiger partial charge on any atom is 0.263 e. The molecule has 0 saturated heterocycles. The van der Waals surface area contributed by atoms with Crippen molar-refractivity contribution in [2.45, 2.75) is 27.2 Å². The van der Waals surface area contributed by atoms with E-state index in [9.17, 15) is 4.79 Å². The Balaban J connectivity index is 2.07. The van der Waals surface area contributed by atoms with Crippen molar-refractivity contribution in [1.29, 1.82) is 0 Å². The van der Waals surface area contributed by atoms with Crippen LogP contribution in [0.4, 0.5) is 0 Å². The molecule has 0 fully saturated rings. The van der Waals surface area contributed by atoms with E-state index >= 15 is 0 Å². The largest absolute Gasteiger partial charge is 0.411 e. The van der Waals surface area contributed by atoms with Crippen molar-refractivity contribution in [3.8, 4) is 0 Å². The SMILES string of the molecule is CCc1ccc2c(c1)c1cc(C(C)=NO)ccc1n2C(=O)c1ccccc1C. The normalized spacial score (nSPS) is 12.0. The second kappa shape index (κ2) is 6.97. The van der Waals surface area contributed by atoms with Crippen LogP contribution in [0.5, 0.6) is 0 Å². The fourth-order valence-corrected chi connectivity index (χ4v) is 3.73. The van der Waals surface area contributed by atoms with Crippen molar-refractivity contribution in [2.75, 3.05) is 0 Å². The van der Waals surface area contributed by atoms with Gasteiger partial charge in [0.2, 0.25) is 0 Å². The zero-order valence-electron chi connectivity index (χ0n) is 16.2. The van der Waals surface area contributed by atoms with Gasteiger partial charge in [-0.2, -0.15) is 0 Å². The highest BCUT2D eigenvalue weighted by Crippen LogP contribution is 2.32. The summed E-state index contributed by atoms with van der Waals surface area (Å²) in [4.78, 5) is 13.5. The lowest BCUT2D eigenvalue weighted by Gasteiger charge is -2.09. The molecule has 0 unspecified atom stereocenters. The number of fused-ring (bicyclic) bond motifs is 3. The quantitative estimate of drug-likeness (QED) is 0.292. The van der Waals surface area contributed by atoms with Gasteiger partial charge in [0.05, 0.1) is 16.7 Å². The van der Waals surface area contributed by atoms with E-state index in [0.29, 0.717) is 11.3 Å². The van der Waals surface area contributed by atoms with Gasteiger partial charge in [0.25, 0.3) is 5.91 Å². The lowest BCUT2D eigenvalue weighted by atomic mass is 10.0. The van der Waals surface area contributed by atoms with Crippen LogP contribution in [-0.4, -0.2) is 21.4 Å². The number of aromatic nitrogens is 1. The van der Waals surface area contributed by atoms with E-state index in [4.69, 9.17) is 5.21 Å². The van der Waals surface area contributed by atoms with E-state index in [1.165, 1.54) is 5.56 Å². The molecule has 4 nitrogen and oxygen atoms in total. The summed E-state index contributed by atoms with van der Waals surface area (Å²) < 4.78 is 1.79. The van der Waals surface area contributed by atoms with Crippen molar-refractivity contribution in [3.05, 3.63) is 82.9 Å². The Morgan fingerprint density at radius 3 is 2.36 bits per heavy atom. The van der Waals surface area contributed by atoms with E-state index in [0.717, 1.165) is 39.4 Å². The van der Waals surface area contributed by atoms with Crippen LogP contribution in [0.2, 0.25) is 0 Å². The molecule has 140 valence electrons. The fourth-order valence-electron chi connectivity index (χ4n) is 3.73. The Morgan fingerprint density at radius 1 is 1.00 bits per heavy atom. The Bertz CT molecular complexity index is 1250. The fraction of sp³-hybridized carbons (Fsp3) is 0.167. The number of hydrogen-bond donors (Lipinski definition) is 1. The molecule has 1 aromatic heterocycles. The summed E-state index contributed by atoms with van der Waals surface area (Å²) in [7, 11) is 0. The minimum absolute atomic E-state index is 0.0392. The number of aryl methyl sites for hydroxylation is 2. The second-order valence-corrected chi connectivity index (χ2v) is 7.08. The summed E-state index contributed by atoms with van der Waals surface area (Å²) in [5, 5.41) is 14.5. The van der Waals surface area contributed by atoms with Gasteiger partial charge in [0.1, 0.15) is 0 Å². The topological polar surface area (TPSA) is 54.6 Å². The molecule has 1 N–H and O–H groups in total. The monoisotopic (exact) mass is 370 g/mol. The van der Waals surface area contributed by atoms with Gasteiger partial charge in [0.15, 0.2) is 0 Å². The molecule has 0 saturated carbocycles. The first-order valence-corrected chi connectivity index (χ1v) is 9.41. The highest BCUT2D eigenvalue weighted by atomic mass is 16.4. The molecule has 3 aromatic carbocycles. The van der Waals surface area contributed by atoms with Crippen molar-refractivity contribution in [2.24, 2.45) is 5.16 Å². The molecule has 4 rings (SSSR count). The Labute approximate surface area is 163 Å². The van der Waals surface area contributed by atoms with Gasteiger partial charge in [-0.1, -0.05) is 42.4 Å². The number of hydrogen-bond acceptors (Lipinski definition) is 3. The predicted molar refractivity (Wildman–Crippen MR) is 114 cm³/mol. The molecule has 0 amide bonds. The number of carbonyl (C=O) groups is 1. The zero-order valence-corrected chi connectivity index (χ0v) is 16.2. The first kappa shape index (κ1) is 18.0. The summed E-state index contributed by atoms with van der Waals surface area (Å²) in [5.41, 5.74) is 5.97. The standard InChI is InChI=1S/C24H22N2O2/c1-4-17-9-11-22-20(13-17)21-14-18(16(3)25-28)10-12-23(21)26(22)24(27)19-8-6-5-7-15(19)2/h5-14,28H,4H2,1-3H3. The van der Waals surface area contributed by atoms with E-state index in [1.807, 2.05) is 55.5 Å². The van der Waals surface area contributed by atoms with E-state index in [1.54, 1.807) is 11.5 Å². The van der Waals surface area contributed by atoms with Crippen LogP contribution >= 0.6 is 0 Å². The summed E-state index contributed by atoms with van der Waals surface area (Å²) in [6, 6.07) is 19.7. The lowest BCUT2D eigenvalue weighted by Crippen LogP contribution is -2.13. The third-order valence-electron chi connectivity index (χ3n) is 5.38. The molecule has 0 aliphatic heterocycles. The van der Waals surface area contributed by atoms with Crippen LogP contribution in [0.1, 0.15) is 40.9 Å². The maximum atomic E-state index is 13.5. The Morgan fingerprint density at radius 2 is 1.68 bits per heavy atom. The van der Waals surface area contributed by atoms with Crippen molar-refractivity contribution in [3.63, 3.8) is 0 Å². The molecule has 0 aliphatic carbocycles. The molecule has 1 heterocycles. The molecule has 0 radical (unpaired) electrons. The molecule has 0 atom stereocenters. The molecule has 0 aliphatic rings. The number of rotatable bonds is 3. The molecule has 0 bridgehead atoms. The predicted octanol–water partition coefficient (Wildman–Crippen LogP) is 5.55. The molecule has 4 aromatic rings.